The molecule has 0 heterocycles. The molecule has 0 aliphatic carbocycles. The van der Waals surface area contributed by atoms with Gasteiger partial charge < -0.3 is 21.7 Å². The topological polar surface area (TPSA) is 101 Å². The smallest absolute Gasteiger partial charge is 0.255 e. The van der Waals surface area contributed by atoms with Crippen LogP contribution in [0.3, 0.4) is 0 Å². The third kappa shape index (κ3) is 3.61. The molecule has 6 nitrogen and oxygen atoms in total. The molecule has 104 valence electrons. The summed E-state index contributed by atoms with van der Waals surface area (Å²) in [6.07, 6.45) is 0. The van der Waals surface area contributed by atoms with Gasteiger partial charge in [0.25, 0.3) is 5.91 Å². The Hall–Kier alpha value is -2.24. The maximum Gasteiger partial charge on any atom is 0.255 e. The minimum absolute atomic E-state index is 0.107. The second kappa shape index (κ2) is 6.08. The zero-order chi connectivity index (χ0) is 14.6. The van der Waals surface area contributed by atoms with E-state index in [9.17, 15) is 9.59 Å². The van der Waals surface area contributed by atoms with Crippen molar-refractivity contribution >= 4 is 23.2 Å². The quantitative estimate of drug-likeness (QED) is 0.681. The minimum Gasteiger partial charge on any atom is -0.399 e. The van der Waals surface area contributed by atoms with Crippen molar-refractivity contribution in [1.82, 2.24) is 10.2 Å². The molecule has 0 aliphatic heterocycles. The fraction of sp³-hybridized carbons (Fsp3) is 0.385. The molecule has 0 saturated carbocycles. The predicted molar refractivity (Wildman–Crippen MR) is 75.5 cm³/mol. The van der Waals surface area contributed by atoms with Gasteiger partial charge in [-0.05, 0) is 18.2 Å². The first kappa shape index (κ1) is 14.8. The Labute approximate surface area is 112 Å². The summed E-state index contributed by atoms with van der Waals surface area (Å²) in [6.45, 7) is 2.08. The molecule has 0 aliphatic rings. The van der Waals surface area contributed by atoms with Crippen LogP contribution in [-0.2, 0) is 4.79 Å². The summed E-state index contributed by atoms with van der Waals surface area (Å²) in [6, 6.07) is 4.76. The van der Waals surface area contributed by atoms with E-state index in [1.165, 1.54) is 4.90 Å². The molecule has 0 spiro atoms. The first-order valence-corrected chi connectivity index (χ1v) is 5.98. The van der Waals surface area contributed by atoms with Crippen molar-refractivity contribution in [2.75, 3.05) is 32.1 Å². The van der Waals surface area contributed by atoms with Crippen LogP contribution in [0, 0.1) is 5.92 Å². The van der Waals surface area contributed by atoms with Gasteiger partial charge in [0.1, 0.15) is 0 Å². The van der Waals surface area contributed by atoms with Gasteiger partial charge in [-0.25, -0.2) is 0 Å². The van der Waals surface area contributed by atoms with Gasteiger partial charge in [0.05, 0.1) is 11.5 Å². The molecular formula is C13H20N4O2. The standard InChI is InChI=1S/C13H20N4O2/c1-8(12(18)16-2)7-17(3)13(19)10-5-4-9(14)6-11(10)15/h4-6,8H,7,14-15H2,1-3H3,(H,16,18). The van der Waals surface area contributed by atoms with E-state index in [0.717, 1.165) is 0 Å². The van der Waals surface area contributed by atoms with Crippen LogP contribution in [0.15, 0.2) is 18.2 Å². The largest absolute Gasteiger partial charge is 0.399 e. The SMILES string of the molecule is CNC(=O)C(C)CN(C)C(=O)c1ccc(N)cc1N. The number of rotatable bonds is 4. The molecule has 0 bridgehead atoms. The molecule has 0 saturated heterocycles. The molecule has 0 aromatic heterocycles. The van der Waals surface area contributed by atoms with Gasteiger partial charge in [0, 0.05) is 32.0 Å². The van der Waals surface area contributed by atoms with Crippen molar-refractivity contribution in [3.8, 4) is 0 Å². The lowest BCUT2D eigenvalue weighted by Crippen LogP contribution is -2.37. The summed E-state index contributed by atoms with van der Waals surface area (Å²) in [4.78, 5) is 25.1. The fourth-order valence-electron chi connectivity index (χ4n) is 1.80. The van der Waals surface area contributed by atoms with E-state index in [1.807, 2.05) is 0 Å². The van der Waals surface area contributed by atoms with Gasteiger partial charge in [-0.15, -0.1) is 0 Å². The van der Waals surface area contributed by atoms with Gasteiger partial charge in [-0.1, -0.05) is 6.92 Å². The molecule has 1 aromatic carbocycles. The first-order chi connectivity index (χ1) is 8.86. The molecule has 6 heteroatoms. The third-order valence-corrected chi connectivity index (χ3v) is 2.89. The number of nitrogens with zero attached hydrogens (tertiary/aromatic N) is 1. The normalized spacial score (nSPS) is 11.7. The lowest BCUT2D eigenvalue weighted by atomic mass is 10.1. The lowest BCUT2D eigenvalue weighted by molar-refractivity contribution is -0.124. The summed E-state index contributed by atoms with van der Waals surface area (Å²) in [5.41, 5.74) is 12.6. The van der Waals surface area contributed by atoms with Crippen LogP contribution in [-0.4, -0.2) is 37.4 Å². The number of amides is 2. The van der Waals surface area contributed by atoms with Crippen LogP contribution in [0.4, 0.5) is 11.4 Å². The van der Waals surface area contributed by atoms with Gasteiger partial charge >= 0.3 is 0 Å². The molecule has 1 unspecified atom stereocenters. The van der Waals surface area contributed by atoms with E-state index < -0.39 is 0 Å². The molecule has 1 rings (SSSR count). The predicted octanol–water partition coefficient (Wildman–Crippen LogP) is 0.305. The number of carbonyl (C=O) groups excluding carboxylic acids is 2. The van der Waals surface area contributed by atoms with Crippen molar-refractivity contribution < 1.29 is 9.59 Å². The molecule has 1 atom stereocenters. The number of nitrogens with two attached hydrogens (primary N) is 2. The highest BCUT2D eigenvalue weighted by molar-refractivity contribution is 5.99. The Morgan fingerprint density at radius 1 is 1.37 bits per heavy atom. The maximum absolute atomic E-state index is 12.2. The molecule has 19 heavy (non-hydrogen) atoms. The molecule has 0 radical (unpaired) electrons. The van der Waals surface area contributed by atoms with Crippen molar-refractivity contribution in [3.63, 3.8) is 0 Å². The van der Waals surface area contributed by atoms with E-state index in [-0.39, 0.29) is 17.7 Å². The van der Waals surface area contributed by atoms with Crippen LogP contribution in [0.5, 0.6) is 0 Å². The lowest BCUT2D eigenvalue weighted by Gasteiger charge is -2.21. The van der Waals surface area contributed by atoms with Crippen LogP contribution < -0.4 is 16.8 Å². The summed E-state index contributed by atoms with van der Waals surface area (Å²) >= 11 is 0. The number of anilines is 2. The number of hydrogen-bond acceptors (Lipinski definition) is 4. The van der Waals surface area contributed by atoms with Gasteiger partial charge in [0.15, 0.2) is 0 Å². The number of nitrogen functional groups attached to an aromatic ring is 2. The van der Waals surface area contributed by atoms with Crippen molar-refractivity contribution in [2.45, 2.75) is 6.92 Å². The Balaban J connectivity index is 2.79. The number of carbonyl (C=O) groups is 2. The highest BCUT2D eigenvalue weighted by atomic mass is 16.2. The average molecular weight is 264 g/mol. The van der Waals surface area contributed by atoms with Crippen molar-refractivity contribution in [2.24, 2.45) is 5.92 Å². The van der Waals surface area contributed by atoms with Crippen molar-refractivity contribution in [3.05, 3.63) is 23.8 Å². The fourth-order valence-corrected chi connectivity index (χ4v) is 1.80. The number of benzene rings is 1. The highest BCUT2D eigenvalue weighted by Gasteiger charge is 2.19. The highest BCUT2D eigenvalue weighted by Crippen LogP contribution is 2.17. The number of hydrogen-bond donors (Lipinski definition) is 3. The van der Waals surface area contributed by atoms with E-state index in [4.69, 9.17) is 11.5 Å². The van der Waals surface area contributed by atoms with Crippen LogP contribution >= 0.6 is 0 Å². The Kier molecular flexibility index (Phi) is 4.74. The summed E-state index contributed by atoms with van der Waals surface area (Å²) in [5.74, 6) is -0.618. The third-order valence-electron chi connectivity index (χ3n) is 2.89. The Morgan fingerprint density at radius 3 is 2.53 bits per heavy atom. The average Bonchev–Trinajstić information content (AvgIpc) is 2.36. The van der Waals surface area contributed by atoms with Crippen LogP contribution in [0.2, 0.25) is 0 Å². The summed E-state index contributed by atoms with van der Waals surface area (Å²) < 4.78 is 0. The summed E-state index contributed by atoms with van der Waals surface area (Å²) in [7, 11) is 3.20. The molecule has 2 amide bonds. The monoisotopic (exact) mass is 264 g/mol. The van der Waals surface area contributed by atoms with E-state index >= 15 is 0 Å². The molecule has 1 aromatic rings. The van der Waals surface area contributed by atoms with E-state index in [1.54, 1.807) is 39.2 Å². The molecule has 5 N–H and O–H groups in total. The Morgan fingerprint density at radius 2 is 2.00 bits per heavy atom. The minimum atomic E-state index is -0.283. The number of nitrogens with one attached hydrogen (secondary N) is 1. The van der Waals surface area contributed by atoms with Crippen LogP contribution in [0.25, 0.3) is 0 Å². The maximum atomic E-state index is 12.2. The van der Waals surface area contributed by atoms with Gasteiger partial charge in [0.2, 0.25) is 5.91 Å². The second-order valence-corrected chi connectivity index (χ2v) is 4.55. The molecular weight excluding hydrogens is 244 g/mol. The molecule has 0 fully saturated rings. The van der Waals surface area contributed by atoms with Crippen molar-refractivity contribution in [1.29, 1.82) is 0 Å². The van der Waals surface area contributed by atoms with Crippen LogP contribution in [0.1, 0.15) is 17.3 Å². The van der Waals surface area contributed by atoms with Gasteiger partial charge in [-0.2, -0.15) is 0 Å². The Bertz CT molecular complexity index is 488. The zero-order valence-electron chi connectivity index (χ0n) is 11.4. The zero-order valence-corrected chi connectivity index (χ0v) is 11.4. The van der Waals surface area contributed by atoms with E-state index in [2.05, 4.69) is 5.32 Å². The van der Waals surface area contributed by atoms with E-state index in [0.29, 0.717) is 23.5 Å². The second-order valence-electron chi connectivity index (χ2n) is 4.55. The van der Waals surface area contributed by atoms with Gasteiger partial charge in [-0.3, -0.25) is 9.59 Å². The summed E-state index contributed by atoms with van der Waals surface area (Å²) in [5, 5.41) is 2.55. The first-order valence-electron chi connectivity index (χ1n) is 5.98.